The number of hydrogen-bond donors (Lipinski definition) is 1. The molecule has 1 saturated heterocycles. The summed E-state index contributed by atoms with van der Waals surface area (Å²) in [6.45, 7) is 6.52. The summed E-state index contributed by atoms with van der Waals surface area (Å²) in [5, 5.41) is 9.66. The first-order chi connectivity index (χ1) is 10.3. The van der Waals surface area contributed by atoms with Gasteiger partial charge in [-0.1, -0.05) is 12.1 Å². The lowest BCUT2D eigenvalue weighted by atomic mass is 9.81. The van der Waals surface area contributed by atoms with Crippen molar-refractivity contribution in [1.29, 1.82) is 0 Å². The highest BCUT2D eigenvalue weighted by molar-refractivity contribution is 5.68. The van der Waals surface area contributed by atoms with Gasteiger partial charge in [-0.05, 0) is 50.8 Å². The van der Waals surface area contributed by atoms with Crippen LogP contribution >= 0.6 is 0 Å². The van der Waals surface area contributed by atoms with Gasteiger partial charge in [0, 0.05) is 25.6 Å². The van der Waals surface area contributed by atoms with Gasteiger partial charge in [0.25, 0.3) is 0 Å². The Hall–Kier alpha value is -1.62. The van der Waals surface area contributed by atoms with Gasteiger partial charge < -0.3 is 14.7 Å². The molecule has 2 rings (SSSR count). The monoisotopic (exact) mass is 309 g/mol. The van der Waals surface area contributed by atoms with Gasteiger partial charge in [-0.15, -0.1) is 0 Å². The average molecular weight is 309 g/mol. The molecule has 1 aliphatic heterocycles. The molecule has 1 aromatic rings. The number of aliphatic hydroxyl groups is 1. The van der Waals surface area contributed by atoms with Crippen LogP contribution in [0.1, 0.15) is 38.7 Å². The Bertz CT molecular complexity index is 510. The standard InChI is InChI=1S/C17H24FNO3/c1-17(2,3)22-16(21)19-9-8-15(13(10-19)11-20)12-4-6-14(18)7-5-12/h4-7,13,15,20H,8-11H2,1-3H3/t13-,15?/m0/s1. The molecule has 1 amide bonds. The molecule has 1 N–H and O–H groups in total. The lowest BCUT2D eigenvalue weighted by molar-refractivity contribution is 0.0102. The second kappa shape index (κ2) is 6.65. The number of piperidine rings is 1. The van der Waals surface area contributed by atoms with Crippen molar-refractivity contribution in [3.63, 3.8) is 0 Å². The van der Waals surface area contributed by atoms with Crippen LogP contribution in [-0.2, 0) is 4.74 Å². The van der Waals surface area contributed by atoms with Crippen LogP contribution in [0.5, 0.6) is 0 Å². The highest BCUT2D eigenvalue weighted by atomic mass is 19.1. The summed E-state index contributed by atoms with van der Waals surface area (Å²) < 4.78 is 18.4. The molecule has 5 heteroatoms. The van der Waals surface area contributed by atoms with Gasteiger partial charge in [0.2, 0.25) is 0 Å². The topological polar surface area (TPSA) is 49.8 Å². The Balaban J connectivity index is 2.05. The smallest absolute Gasteiger partial charge is 0.410 e. The van der Waals surface area contributed by atoms with Crippen molar-refractivity contribution in [2.45, 2.75) is 38.7 Å². The molecular weight excluding hydrogens is 285 g/mol. The Morgan fingerprint density at radius 1 is 1.36 bits per heavy atom. The number of benzene rings is 1. The van der Waals surface area contributed by atoms with Crippen molar-refractivity contribution in [1.82, 2.24) is 4.90 Å². The number of amides is 1. The molecule has 1 heterocycles. The molecule has 22 heavy (non-hydrogen) atoms. The second-order valence-electron chi connectivity index (χ2n) is 6.82. The van der Waals surface area contributed by atoms with Crippen molar-refractivity contribution >= 4 is 6.09 Å². The zero-order chi connectivity index (χ0) is 16.3. The van der Waals surface area contributed by atoms with Crippen LogP contribution in [0.15, 0.2) is 24.3 Å². The zero-order valence-electron chi connectivity index (χ0n) is 13.4. The maximum absolute atomic E-state index is 13.0. The zero-order valence-corrected chi connectivity index (χ0v) is 13.4. The van der Waals surface area contributed by atoms with Gasteiger partial charge in [-0.2, -0.15) is 0 Å². The van der Waals surface area contributed by atoms with Crippen molar-refractivity contribution in [3.8, 4) is 0 Å². The van der Waals surface area contributed by atoms with E-state index >= 15 is 0 Å². The third kappa shape index (κ3) is 4.19. The van der Waals surface area contributed by atoms with Crippen molar-refractivity contribution in [2.75, 3.05) is 19.7 Å². The Kier molecular flexibility index (Phi) is 5.06. The second-order valence-corrected chi connectivity index (χ2v) is 6.82. The van der Waals surface area contributed by atoms with Crippen molar-refractivity contribution in [3.05, 3.63) is 35.6 Å². The summed E-state index contributed by atoms with van der Waals surface area (Å²) in [5.41, 5.74) is 0.476. The number of hydrogen-bond acceptors (Lipinski definition) is 3. The number of carbonyl (C=O) groups is 1. The number of halogens is 1. The molecule has 0 spiro atoms. The van der Waals surface area contributed by atoms with E-state index in [0.29, 0.717) is 13.1 Å². The fraction of sp³-hybridized carbons (Fsp3) is 0.588. The van der Waals surface area contributed by atoms with E-state index in [1.807, 2.05) is 20.8 Å². The summed E-state index contributed by atoms with van der Waals surface area (Å²) in [5.74, 6) is -0.202. The SMILES string of the molecule is CC(C)(C)OC(=O)N1CCC(c2ccc(F)cc2)[C@H](CO)C1. The first-order valence-electron chi connectivity index (χ1n) is 7.64. The third-order valence-electron chi connectivity index (χ3n) is 3.92. The molecule has 0 radical (unpaired) electrons. The minimum Gasteiger partial charge on any atom is -0.444 e. The minimum absolute atomic E-state index is 0.0126. The third-order valence-corrected chi connectivity index (χ3v) is 3.92. The number of carbonyl (C=O) groups excluding carboxylic acids is 1. The number of aliphatic hydroxyl groups excluding tert-OH is 1. The first kappa shape index (κ1) is 16.7. The van der Waals surface area contributed by atoms with E-state index in [9.17, 15) is 14.3 Å². The van der Waals surface area contributed by atoms with Crippen LogP contribution in [0.4, 0.5) is 9.18 Å². The van der Waals surface area contributed by atoms with Crippen LogP contribution in [0.2, 0.25) is 0 Å². The first-order valence-corrected chi connectivity index (χ1v) is 7.64. The summed E-state index contributed by atoms with van der Waals surface area (Å²) in [4.78, 5) is 13.8. The van der Waals surface area contributed by atoms with Gasteiger partial charge in [0.15, 0.2) is 0 Å². The number of nitrogens with zero attached hydrogens (tertiary/aromatic N) is 1. The number of rotatable bonds is 2. The van der Waals surface area contributed by atoms with E-state index < -0.39 is 5.60 Å². The Labute approximate surface area is 130 Å². The van der Waals surface area contributed by atoms with E-state index in [1.165, 1.54) is 12.1 Å². The van der Waals surface area contributed by atoms with E-state index in [0.717, 1.165) is 12.0 Å². The lowest BCUT2D eigenvalue weighted by Gasteiger charge is -2.38. The molecule has 0 aliphatic carbocycles. The maximum Gasteiger partial charge on any atom is 0.410 e. The number of ether oxygens (including phenoxy) is 1. The molecule has 1 aliphatic rings. The fourth-order valence-electron chi connectivity index (χ4n) is 2.86. The minimum atomic E-state index is -0.528. The van der Waals surface area contributed by atoms with E-state index in [-0.39, 0.29) is 30.4 Å². The predicted molar refractivity (Wildman–Crippen MR) is 82.1 cm³/mol. The Morgan fingerprint density at radius 2 is 2.00 bits per heavy atom. The van der Waals surface area contributed by atoms with Crippen LogP contribution in [0, 0.1) is 11.7 Å². The molecule has 0 aromatic heterocycles. The van der Waals surface area contributed by atoms with Crippen LogP contribution in [0.25, 0.3) is 0 Å². The Morgan fingerprint density at radius 3 is 2.55 bits per heavy atom. The van der Waals surface area contributed by atoms with Crippen LogP contribution in [-0.4, -0.2) is 41.4 Å². The quantitative estimate of drug-likeness (QED) is 0.913. The fourth-order valence-corrected chi connectivity index (χ4v) is 2.86. The molecule has 0 saturated carbocycles. The molecular formula is C17H24FNO3. The van der Waals surface area contributed by atoms with E-state index in [1.54, 1.807) is 17.0 Å². The normalized spacial score (nSPS) is 22.5. The summed E-state index contributed by atoms with van der Waals surface area (Å²) in [6.07, 6.45) is 0.388. The summed E-state index contributed by atoms with van der Waals surface area (Å²) >= 11 is 0. The van der Waals surface area contributed by atoms with Crippen LogP contribution < -0.4 is 0 Å². The van der Waals surface area contributed by atoms with Gasteiger partial charge in [-0.25, -0.2) is 9.18 Å². The maximum atomic E-state index is 13.0. The van der Waals surface area contributed by atoms with Gasteiger partial charge in [0.1, 0.15) is 11.4 Å². The molecule has 2 atom stereocenters. The molecule has 1 unspecified atom stereocenters. The molecule has 1 fully saturated rings. The van der Waals surface area contributed by atoms with Crippen LogP contribution in [0.3, 0.4) is 0 Å². The molecule has 1 aromatic carbocycles. The van der Waals surface area contributed by atoms with E-state index in [4.69, 9.17) is 4.74 Å². The highest BCUT2D eigenvalue weighted by Crippen LogP contribution is 2.33. The molecule has 122 valence electrons. The predicted octanol–water partition coefficient (Wildman–Crippen LogP) is 3.16. The average Bonchev–Trinajstić information content (AvgIpc) is 2.45. The lowest BCUT2D eigenvalue weighted by Crippen LogP contribution is -2.46. The van der Waals surface area contributed by atoms with Gasteiger partial charge in [0.05, 0.1) is 0 Å². The van der Waals surface area contributed by atoms with Gasteiger partial charge >= 0.3 is 6.09 Å². The molecule has 4 nitrogen and oxygen atoms in total. The molecule has 0 bridgehead atoms. The van der Waals surface area contributed by atoms with E-state index in [2.05, 4.69) is 0 Å². The van der Waals surface area contributed by atoms with Crippen molar-refractivity contribution in [2.24, 2.45) is 5.92 Å². The highest BCUT2D eigenvalue weighted by Gasteiger charge is 2.33. The number of likely N-dealkylation sites (tertiary alicyclic amines) is 1. The largest absolute Gasteiger partial charge is 0.444 e. The summed E-state index contributed by atoms with van der Waals surface area (Å²) in [6, 6.07) is 6.38. The van der Waals surface area contributed by atoms with Crippen molar-refractivity contribution < 1.29 is 19.0 Å². The van der Waals surface area contributed by atoms with Gasteiger partial charge in [-0.3, -0.25) is 0 Å². The summed E-state index contributed by atoms with van der Waals surface area (Å²) in [7, 11) is 0.